The van der Waals surface area contributed by atoms with Gasteiger partial charge in [0.2, 0.25) is 0 Å². The second kappa shape index (κ2) is 12.3. The van der Waals surface area contributed by atoms with Crippen LogP contribution in [0.4, 0.5) is 0 Å². The lowest BCUT2D eigenvalue weighted by Gasteiger charge is -2.12. The predicted octanol–water partition coefficient (Wildman–Crippen LogP) is 4.08. The Morgan fingerprint density at radius 1 is 0.909 bits per heavy atom. The minimum atomic E-state index is -0.852. The van der Waals surface area contributed by atoms with Crippen LogP contribution in [0.2, 0.25) is 5.02 Å². The number of hydrogen-bond donors (Lipinski definition) is 2. The Labute approximate surface area is 197 Å². The number of carbonyl (C=O) groups is 2. The van der Waals surface area contributed by atoms with E-state index in [2.05, 4.69) is 15.8 Å². The molecule has 7 nitrogen and oxygen atoms in total. The van der Waals surface area contributed by atoms with Gasteiger partial charge in [0.05, 0.1) is 12.8 Å². The van der Waals surface area contributed by atoms with E-state index in [1.54, 1.807) is 30.3 Å². The van der Waals surface area contributed by atoms with Crippen LogP contribution in [0.25, 0.3) is 0 Å². The lowest BCUT2D eigenvalue weighted by Crippen LogP contribution is -2.37. The third-order valence-electron chi connectivity index (χ3n) is 4.46. The molecule has 0 atom stereocenters. The molecule has 0 saturated heterocycles. The number of hydrogen-bond acceptors (Lipinski definition) is 5. The molecule has 0 aliphatic heterocycles. The Bertz CT molecular complexity index is 1100. The minimum absolute atomic E-state index is 0.256. The number of amides is 2. The molecular formula is C25H24ClN3O4. The number of halogens is 1. The number of nitrogens with one attached hydrogen (secondary N) is 2. The van der Waals surface area contributed by atoms with E-state index >= 15 is 0 Å². The largest absolute Gasteiger partial charge is 0.490 e. The van der Waals surface area contributed by atoms with Crippen molar-refractivity contribution in [1.82, 2.24) is 10.7 Å². The van der Waals surface area contributed by atoms with Gasteiger partial charge in [-0.15, -0.1) is 0 Å². The molecule has 3 rings (SSSR count). The molecule has 8 heteroatoms. The van der Waals surface area contributed by atoms with Gasteiger partial charge in [-0.25, -0.2) is 5.43 Å². The van der Waals surface area contributed by atoms with E-state index in [0.29, 0.717) is 35.3 Å². The first kappa shape index (κ1) is 23.8. The van der Waals surface area contributed by atoms with Gasteiger partial charge in [-0.1, -0.05) is 54.1 Å². The number of carbonyl (C=O) groups excluding carboxylic acids is 2. The van der Waals surface area contributed by atoms with Gasteiger partial charge < -0.3 is 14.8 Å². The summed E-state index contributed by atoms with van der Waals surface area (Å²) in [6.45, 7) is 2.94. The SMILES string of the molecule is CCOc1cc(/C=N\NC(=O)C(=O)NCc2ccccc2)ccc1OCc1ccc(Cl)cc1. The molecule has 0 aliphatic rings. The highest BCUT2D eigenvalue weighted by Crippen LogP contribution is 2.29. The molecular weight excluding hydrogens is 442 g/mol. The van der Waals surface area contributed by atoms with Crippen molar-refractivity contribution >= 4 is 29.6 Å². The number of nitrogens with zero attached hydrogens (tertiary/aromatic N) is 1. The molecule has 2 N–H and O–H groups in total. The average Bonchev–Trinajstić information content (AvgIpc) is 2.84. The molecule has 0 radical (unpaired) electrons. The molecule has 0 fully saturated rings. The summed E-state index contributed by atoms with van der Waals surface area (Å²) < 4.78 is 11.5. The van der Waals surface area contributed by atoms with Gasteiger partial charge in [-0.05, 0) is 53.9 Å². The van der Waals surface area contributed by atoms with E-state index in [4.69, 9.17) is 21.1 Å². The highest BCUT2D eigenvalue weighted by Gasteiger charge is 2.12. The molecule has 0 heterocycles. The summed E-state index contributed by atoms with van der Waals surface area (Å²) in [6.07, 6.45) is 1.42. The smallest absolute Gasteiger partial charge is 0.329 e. The highest BCUT2D eigenvalue weighted by molar-refractivity contribution is 6.35. The first-order valence-electron chi connectivity index (χ1n) is 10.3. The Kier molecular flexibility index (Phi) is 8.85. The van der Waals surface area contributed by atoms with Gasteiger partial charge in [-0.3, -0.25) is 9.59 Å². The summed E-state index contributed by atoms with van der Waals surface area (Å²) in [6, 6.07) is 22.0. The number of benzene rings is 3. The van der Waals surface area contributed by atoms with Crippen molar-refractivity contribution in [3.05, 3.63) is 94.5 Å². The molecule has 0 spiro atoms. The zero-order valence-corrected chi connectivity index (χ0v) is 18.8. The standard InChI is InChI=1S/C25H24ClN3O4/c1-2-32-23-14-20(10-13-22(23)33-17-19-8-11-21(26)12-9-19)16-28-29-25(31)24(30)27-15-18-6-4-3-5-7-18/h3-14,16H,2,15,17H2,1H3,(H,27,30)(H,29,31)/b28-16-. The third kappa shape index (κ3) is 7.66. The van der Waals surface area contributed by atoms with Crippen molar-refractivity contribution in [2.45, 2.75) is 20.1 Å². The van der Waals surface area contributed by atoms with Gasteiger partial charge in [0.25, 0.3) is 0 Å². The fourth-order valence-electron chi connectivity index (χ4n) is 2.81. The first-order chi connectivity index (χ1) is 16.0. The molecule has 0 unspecified atom stereocenters. The maximum Gasteiger partial charge on any atom is 0.329 e. The number of rotatable bonds is 9. The van der Waals surface area contributed by atoms with Gasteiger partial charge >= 0.3 is 11.8 Å². The van der Waals surface area contributed by atoms with Crippen LogP contribution in [-0.2, 0) is 22.7 Å². The molecule has 0 aromatic heterocycles. The second-order valence-electron chi connectivity index (χ2n) is 6.92. The van der Waals surface area contributed by atoms with Crippen molar-refractivity contribution in [3.8, 4) is 11.5 Å². The van der Waals surface area contributed by atoms with Gasteiger partial charge in [0.1, 0.15) is 6.61 Å². The van der Waals surface area contributed by atoms with Crippen LogP contribution in [0.5, 0.6) is 11.5 Å². The van der Waals surface area contributed by atoms with Crippen molar-refractivity contribution in [1.29, 1.82) is 0 Å². The Balaban J connectivity index is 1.54. The van der Waals surface area contributed by atoms with Crippen LogP contribution in [-0.4, -0.2) is 24.6 Å². The Morgan fingerprint density at radius 2 is 1.67 bits per heavy atom. The van der Waals surface area contributed by atoms with E-state index in [1.165, 1.54) is 6.21 Å². The molecule has 3 aromatic rings. The zero-order chi connectivity index (χ0) is 23.5. The summed E-state index contributed by atoms with van der Waals surface area (Å²) in [5, 5.41) is 7.06. The van der Waals surface area contributed by atoms with Crippen molar-refractivity contribution < 1.29 is 19.1 Å². The molecule has 0 bridgehead atoms. The molecule has 0 aliphatic carbocycles. The summed E-state index contributed by atoms with van der Waals surface area (Å²) in [7, 11) is 0. The zero-order valence-electron chi connectivity index (χ0n) is 18.1. The maximum absolute atomic E-state index is 11.9. The molecule has 33 heavy (non-hydrogen) atoms. The van der Waals surface area contributed by atoms with Crippen molar-refractivity contribution in [2.24, 2.45) is 5.10 Å². The minimum Gasteiger partial charge on any atom is -0.490 e. The van der Waals surface area contributed by atoms with Gasteiger partial charge in [0.15, 0.2) is 11.5 Å². The van der Waals surface area contributed by atoms with E-state index in [9.17, 15) is 9.59 Å². The second-order valence-corrected chi connectivity index (χ2v) is 7.36. The quantitative estimate of drug-likeness (QED) is 0.283. The van der Waals surface area contributed by atoms with Crippen molar-refractivity contribution in [3.63, 3.8) is 0 Å². The van der Waals surface area contributed by atoms with Crippen LogP contribution in [0.3, 0.4) is 0 Å². The van der Waals surface area contributed by atoms with E-state index in [-0.39, 0.29) is 6.54 Å². The molecule has 3 aromatic carbocycles. The van der Waals surface area contributed by atoms with E-state index in [0.717, 1.165) is 11.1 Å². The molecule has 170 valence electrons. The number of ether oxygens (including phenoxy) is 2. The fourth-order valence-corrected chi connectivity index (χ4v) is 2.93. The van der Waals surface area contributed by atoms with Crippen LogP contribution in [0.15, 0.2) is 77.9 Å². The topological polar surface area (TPSA) is 89.0 Å². The van der Waals surface area contributed by atoms with Crippen LogP contribution in [0.1, 0.15) is 23.6 Å². The van der Waals surface area contributed by atoms with Gasteiger partial charge in [-0.2, -0.15) is 5.10 Å². The third-order valence-corrected chi connectivity index (χ3v) is 4.71. The van der Waals surface area contributed by atoms with Crippen molar-refractivity contribution in [2.75, 3.05) is 6.61 Å². The lowest BCUT2D eigenvalue weighted by atomic mass is 10.2. The predicted molar refractivity (Wildman–Crippen MR) is 127 cm³/mol. The summed E-state index contributed by atoms with van der Waals surface area (Å²) >= 11 is 5.91. The monoisotopic (exact) mass is 465 g/mol. The van der Waals surface area contributed by atoms with Crippen LogP contribution in [0, 0.1) is 0 Å². The van der Waals surface area contributed by atoms with Gasteiger partial charge in [0, 0.05) is 11.6 Å². The van der Waals surface area contributed by atoms with E-state index in [1.807, 2.05) is 49.4 Å². The normalized spacial score (nSPS) is 10.6. The average molecular weight is 466 g/mol. The molecule has 0 saturated carbocycles. The Hall–Kier alpha value is -3.84. The Morgan fingerprint density at radius 3 is 2.39 bits per heavy atom. The van der Waals surface area contributed by atoms with Crippen LogP contribution < -0.4 is 20.2 Å². The molecule has 2 amide bonds. The lowest BCUT2D eigenvalue weighted by molar-refractivity contribution is -0.139. The maximum atomic E-state index is 11.9. The first-order valence-corrected chi connectivity index (χ1v) is 10.7. The summed E-state index contributed by atoms with van der Waals surface area (Å²) in [5.41, 5.74) is 4.75. The fraction of sp³-hybridized carbons (Fsp3) is 0.160. The van der Waals surface area contributed by atoms with Crippen LogP contribution >= 0.6 is 11.6 Å². The summed E-state index contributed by atoms with van der Waals surface area (Å²) in [5.74, 6) is -0.497. The number of hydrazone groups is 1. The summed E-state index contributed by atoms with van der Waals surface area (Å²) in [4.78, 5) is 23.8. The highest BCUT2D eigenvalue weighted by atomic mass is 35.5. The van der Waals surface area contributed by atoms with E-state index < -0.39 is 11.8 Å².